The van der Waals surface area contributed by atoms with Crippen LogP contribution in [0.4, 0.5) is 0 Å². The smallest absolute Gasteiger partial charge is 0.0608 e. The van der Waals surface area contributed by atoms with Crippen molar-refractivity contribution >= 4 is 12.6 Å². The largest absolute Gasteiger partial charge is 0.377 e. The fourth-order valence-corrected chi connectivity index (χ4v) is 2.62. The summed E-state index contributed by atoms with van der Waals surface area (Å²) in [4.78, 5) is 0. The normalized spacial score (nSPS) is 33.6. The Hall–Kier alpha value is 0.310. The molecule has 1 aliphatic carbocycles. The zero-order chi connectivity index (χ0) is 10.6. The van der Waals surface area contributed by atoms with Crippen molar-refractivity contribution < 1.29 is 4.74 Å². The van der Waals surface area contributed by atoms with Crippen LogP contribution in [0, 0.1) is 17.8 Å². The van der Waals surface area contributed by atoms with Crippen molar-refractivity contribution in [1.29, 1.82) is 0 Å². The highest BCUT2D eigenvalue weighted by molar-refractivity contribution is 7.80. The maximum Gasteiger partial charge on any atom is 0.0608 e. The second-order valence-corrected chi connectivity index (χ2v) is 5.41. The summed E-state index contributed by atoms with van der Waals surface area (Å²) in [5.74, 6) is 3.21. The van der Waals surface area contributed by atoms with Crippen molar-refractivity contribution in [2.75, 3.05) is 12.4 Å². The standard InChI is InChI=1S/C12H24OS/c1-9(2)11-5-4-10(3)8-12(11)13-6-7-14/h9-12,14H,4-8H2,1-3H3. The third-order valence-electron chi connectivity index (χ3n) is 3.38. The molecule has 14 heavy (non-hydrogen) atoms. The van der Waals surface area contributed by atoms with Crippen LogP contribution in [0.3, 0.4) is 0 Å². The number of ether oxygens (including phenoxy) is 1. The maximum atomic E-state index is 5.90. The highest BCUT2D eigenvalue weighted by atomic mass is 32.1. The summed E-state index contributed by atoms with van der Waals surface area (Å²) in [7, 11) is 0. The van der Waals surface area contributed by atoms with Crippen LogP contribution in [0.15, 0.2) is 0 Å². The molecule has 1 saturated carbocycles. The van der Waals surface area contributed by atoms with Gasteiger partial charge in [0.2, 0.25) is 0 Å². The maximum absolute atomic E-state index is 5.90. The fraction of sp³-hybridized carbons (Fsp3) is 1.00. The Morgan fingerprint density at radius 3 is 2.64 bits per heavy atom. The highest BCUT2D eigenvalue weighted by Crippen LogP contribution is 2.35. The first-order chi connectivity index (χ1) is 6.65. The molecule has 0 bridgehead atoms. The van der Waals surface area contributed by atoms with Gasteiger partial charge in [-0.15, -0.1) is 0 Å². The van der Waals surface area contributed by atoms with E-state index in [1.807, 2.05) is 0 Å². The third kappa shape index (κ3) is 3.47. The van der Waals surface area contributed by atoms with E-state index in [0.29, 0.717) is 6.10 Å². The average Bonchev–Trinajstić information content (AvgIpc) is 2.14. The van der Waals surface area contributed by atoms with Gasteiger partial charge in [-0.1, -0.05) is 27.2 Å². The van der Waals surface area contributed by atoms with E-state index in [9.17, 15) is 0 Å². The summed E-state index contributed by atoms with van der Waals surface area (Å²) >= 11 is 4.20. The van der Waals surface area contributed by atoms with Gasteiger partial charge in [0, 0.05) is 5.75 Å². The molecule has 0 aromatic heterocycles. The topological polar surface area (TPSA) is 9.23 Å². The lowest BCUT2D eigenvalue weighted by atomic mass is 9.75. The van der Waals surface area contributed by atoms with E-state index in [2.05, 4.69) is 33.4 Å². The van der Waals surface area contributed by atoms with E-state index in [1.54, 1.807) is 0 Å². The zero-order valence-corrected chi connectivity index (χ0v) is 10.6. The van der Waals surface area contributed by atoms with Crippen LogP contribution in [-0.2, 0) is 4.74 Å². The molecule has 0 heterocycles. The molecule has 3 atom stereocenters. The van der Waals surface area contributed by atoms with Gasteiger partial charge < -0.3 is 4.74 Å². The van der Waals surface area contributed by atoms with Gasteiger partial charge in [0.1, 0.15) is 0 Å². The lowest BCUT2D eigenvalue weighted by Gasteiger charge is -2.37. The Bertz CT molecular complexity index is 158. The lowest BCUT2D eigenvalue weighted by Crippen LogP contribution is -2.34. The monoisotopic (exact) mass is 216 g/mol. The Morgan fingerprint density at radius 1 is 1.36 bits per heavy atom. The Morgan fingerprint density at radius 2 is 2.07 bits per heavy atom. The van der Waals surface area contributed by atoms with Crippen molar-refractivity contribution in [2.24, 2.45) is 17.8 Å². The molecule has 2 heteroatoms. The van der Waals surface area contributed by atoms with Gasteiger partial charge in [-0.25, -0.2) is 0 Å². The third-order valence-corrected chi connectivity index (χ3v) is 3.57. The number of hydrogen-bond acceptors (Lipinski definition) is 2. The van der Waals surface area contributed by atoms with Gasteiger partial charge in [0.15, 0.2) is 0 Å². The van der Waals surface area contributed by atoms with Crippen LogP contribution in [0.2, 0.25) is 0 Å². The molecule has 84 valence electrons. The fourth-order valence-electron chi connectivity index (χ4n) is 2.51. The first kappa shape index (κ1) is 12.4. The molecule has 1 rings (SSSR count). The van der Waals surface area contributed by atoms with Gasteiger partial charge in [0.05, 0.1) is 12.7 Å². The average molecular weight is 216 g/mol. The summed E-state index contributed by atoms with van der Waals surface area (Å²) in [6, 6.07) is 0. The second kappa shape index (κ2) is 6.02. The Labute approximate surface area is 94.0 Å². The quantitative estimate of drug-likeness (QED) is 0.709. The van der Waals surface area contributed by atoms with E-state index in [4.69, 9.17) is 4.74 Å². The van der Waals surface area contributed by atoms with Crippen LogP contribution >= 0.6 is 12.6 Å². The minimum Gasteiger partial charge on any atom is -0.377 e. The molecule has 0 spiro atoms. The SMILES string of the molecule is CC1CCC(C(C)C)C(OCCS)C1. The highest BCUT2D eigenvalue weighted by Gasteiger charge is 2.30. The number of rotatable bonds is 4. The minimum absolute atomic E-state index is 0.492. The molecule has 0 aromatic carbocycles. The summed E-state index contributed by atoms with van der Waals surface area (Å²) < 4.78 is 5.90. The molecular formula is C12H24OS. The predicted molar refractivity (Wildman–Crippen MR) is 64.9 cm³/mol. The molecule has 3 unspecified atom stereocenters. The van der Waals surface area contributed by atoms with E-state index in [-0.39, 0.29) is 0 Å². The summed E-state index contributed by atoms with van der Waals surface area (Å²) in [6.07, 6.45) is 4.46. The van der Waals surface area contributed by atoms with Crippen molar-refractivity contribution in [3.8, 4) is 0 Å². The van der Waals surface area contributed by atoms with Crippen LogP contribution < -0.4 is 0 Å². The molecule has 0 N–H and O–H groups in total. The Balaban J connectivity index is 2.45. The van der Waals surface area contributed by atoms with E-state index < -0.39 is 0 Å². The molecule has 1 fully saturated rings. The van der Waals surface area contributed by atoms with Gasteiger partial charge in [-0.3, -0.25) is 0 Å². The molecule has 0 aliphatic heterocycles. The zero-order valence-electron chi connectivity index (χ0n) is 9.70. The van der Waals surface area contributed by atoms with E-state index in [1.165, 1.54) is 19.3 Å². The summed E-state index contributed by atoms with van der Waals surface area (Å²) in [6.45, 7) is 7.78. The molecule has 0 aromatic rings. The summed E-state index contributed by atoms with van der Waals surface area (Å²) in [5.41, 5.74) is 0. The first-order valence-electron chi connectivity index (χ1n) is 5.87. The van der Waals surface area contributed by atoms with Gasteiger partial charge in [-0.2, -0.15) is 12.6 Å². The van der Waals surface area contributed by atoms with Crippen molar-refractivity contribution in [3.63, 3.8) is 0 Å². The molecule has 1 aliphatic rings. The first-order valence-corrected chi connectivity index (χ1v) is 6.50. The molecule has 0 amide bonds. The van der Waals surface area contributed by atoms with Crippen LogP contribution in [-0.4, -0.2) is 18.5 Å². The molecule has 1 nitrogen and oxygen atoms in total. The molecular weight excluding hydrogens is 192 g/mol. The summed E-state index contributed by atoms with van der Waals surface area (Å²) in [5, 5.41) is 0. The number of thiol groups is 1. The van der Waals surface area contributed by atoms with Crippen molar-refractivity contribution in [3.05, 3.63) is 0 Å². The van der Waals surface area contributed by atoms with Crippen molar-refractivity contribution in [2.45, 2.75) is 46.1 Å². The Kier molecular flexibility index (Phi) is 5.32. The predicted octanol–water partition coefficient (Wildman–Crippen LogP) is 3.39. The van der Waals surface area contributed by atoms with Crippen LogP contribution in [0.5, 0.6) is 0 Å². The van der Waals surface area contributed by atoms with Gasteiger partial charge >= 0.3 is 0 Å². The van der Waals surface area contributed by atoms with Crippen molar-refractivity contribution in [1.82, 2.24) is 0 Å². The van der Waals surface area contributed by atoms with E-state index in [0.717, 1.165) is 30.1 Å². The van der Waals surface area contributed by atoms with Gasteiger partial charge in [-0.05, 0) is 30.6 Å². The van der Waals surface area contributed by atoms with Crippen LogP contribution in [0.25, 0.3) is 0 Å². The minimum atomic E-state index is 0.492. The van der Waals surface area contributed by atoms with E-state index >= 15 is 0 Å². The lowest BCUT2D eigenvalue weighted by molar-refractivity contribution is -0.0315. The number of hydrogen-bond donors (Lipinski definition) is 1. The van der Waals surface area contributed by atoms with Gasteiger partial charge in [0.25, 0.3) is 0 Å². The van der Waals surface area contributed by atoms with Crippen LogP contribution in [0.1, 0.15) is 40.0 Å². The molecule has 0 saturated heterocycles. The second-order valence-electron chi connectivity index (χ2n) is 4.96. The molecule has 0 radical (unpaired) electrons.